The van der Waals surface area contributed by atoms with Crippen LogP contribution >= 0.6 is 0 Å². The van der Waals surface area contributed by atoms with Crippen LogP contribution in [0.1, 0.15) is 58.8 Å². The summed E-state index contributed by atoms with van der Waals surface area (Å²) in [6, 6.07) is 19.4. The van der Waals surface area contributed by atoms with Crippen LogP contribution in [0.25, 0.3) is 0 Å². The average molecular weight is 617 g/mol. The number of hydrogen-bond donors (Lipinski definition) is 2. The number of aliphatic hydroxyl groups is 1. The number of alkyl halides is 6. The maximum Gasteiger partial charge on any atom is 0.435 e. The number of carbonyl (C=O) groups is 1. The van der Waals surface area contributed by atoms with E-state index in [1.807, 2.05) is 36.4 Å². The summed E-state index contributed by atoms with van der Waals surface area (Å²) in [6.45, 7) is 0.525. The lowest BCUT2D eigenvalue weighted by Crippen LogP contribution is -2.45. The predicted octanol–water partition coefficient (Wildman–Crippen LogP) is 5.67. The minimum absolute atomic E-state index is 0.108. The van der Waals surface area contributed by atoms with Crippen molar-refractivity contribution >= 4 is 17.5 Å². The third kappa shape index (κ3) is 5.49. The van der Waals surface area contributed by atoms with Crippen LogP contribution in [0.15, 0.2) is 72.8 Å². The Kier molecular flexibility index (Phi) is 7.56. The second kappa shape index (κ2) is 11.2. The fraction of sp³-hybridized carbons (Fsp3) is 0.333. The first-order valence-electron chi connectivity index (χ1n) is 13.9. The van der Waals surface area contributed by atoms with Crippen LogP contribution in [0.5, 0.6) is 0 Å². The molecule has 230 valence electrons. The zero-order valence-corrected chi connectivity index (χ0v) is 22.9. The monoisotopic (exact) mass is 616 g/mol. The molecule has 0 unspecified atom stereocenters. The number of anilines is 2. The number of piperidine rings is 1. The number of halogens is 6. The Morgan fingerprint density at radius 1 is 0.841 bits per heavy atom. The molecule has 2 aliphatic rings. The SMILES string of the molecule is O=C1Nc2c(c(C3CCN(c4ccc(C(F)(F)F)nn4)CC3)nn2C(c2ccccc2)c2ccccc2)[C@H](C(F)(F)F)[C@H]1O. The predicted molar refractivity (Wildman–Crippen MR) is 147 cm³/mol. The molecule has 1 fully saturated rings. The highest BCUT2D eigenvalue weighted by Crippen LogP contribution is 2.49. The van der Waals surface area contributed by atoms with Crippen molar-refractivity contribution in [3.8, 4) is 0 Å². The number of fused-ring (bicyclic) bond motifs is 1. The summed E-state index contributed by atoms with van der Waals surface area (Å²) in [4.78, 5) is 14.5. The molecule has 14 heteroatoms. The van der Waals surface area contributed by atoms with E-state index in [-0.39, 0.29) is 36.0 Å². The molecule has 2 atom stereocenters. The molecule has 2 aromatic carbocycles. The van der Waals surface area contributed by atoms with Crippen molar-refractivity contribution in [2.75, 3.05) is 23.3 Å². The van der Waals surface area contributed by atoms with Gasteiger partial charge in [-0.15, -0.1) is 10.2 Å². The van der Waals surface area contributed by atoms with Gasteiger partial charge in [-0.25, -0.2) is 4.68 Å². The molecule has 0 radical (unpaired) electrons. The van der Waals surface area contributed by atoms with Gasteiger partial charge in [-0.1, -0.05) is 60.7 Å². The van der Waals surface area contributed by atoms with Crippen molar-refractivity contribution in [3.63, 3.8) is 0 Å². The molecule has 4 heterocycles. The van der Waals surface area contributed by atoms with Gasteiger partial charge in [0.25, 0.3) is 5.91 Å². The van der Waals surface area contributed by atoms with Gasteiger partial charge in [0.15, 0.2) is 11.5 Å². The molecular formula is C30H26F6N6O2. The van der Waals surface area contributed by atoms with Gasteiger partial charge in [0, 0.05) is 24.6 Å². The lowest BCUT2D eigenvalue weighted by Gasteiger charge is -2.34. The lowest BCUT2D eigenvalue weighted by atomic mass is 9.82. The van der Waals surface area contributed by atoms with Crippen LogP contribution in [0, 0.1) is 0 Å². The number of nitrogens with zero attached hydrogens (tertiary/aromatic N) is 5. The van der Waals surface area contributed by atoms with Gasteiger partial charge in [0.2, 0.25) is 0 Å². The highest BCUT2D eigenvalue weighted by Gasteiger charge is 2.55. The van der Waals surface area contributed by atoms with E-state index in [0.717, 1.165) is 17.2 Å². The molecule has 0 bridgehead atoms. The number of aliphatic hydroxyl groups excluding tert-OH is 1. The Morgan fingerprint density at radius 3 is 1.93 bits per heavy atom. The molecule has 2 N–H and O–H groups in total. The Morgan fingerprint density at radius 2 is 1.43 bits per heavy atom. The molecule has 0 saturated carbocycles. The first-order chi connectivity index (χ1) is 20.9. The molecule has 0 spiro atoms. The number of amides is 1. The lowest BCUT2D eigenvalue weighted by molar-refractivity contribution is -0.177. The van der Waals surface area contributed by atoms with Crippen molar-refractivity contribution in [2.45, 2.75) is 49.2 Å². The number of nitrogens with one attached hydrogen (secondary N) is 1. The van der Waals surface area contributed by atoms with Crippen LogP contribution in [-0.2, 0) is 11.0 Å². The fourth-order valence-electron chi connectivity index (χ4n) is 6.00. The van der Waals surface area contributed by atoms with Crippen molar-refractivity contribution in [3.05, 3.63) is 101 Å². The quantitative estimate of drug-likeness (QED) is 0.281. The zero-order valence-electron chi connectivity index (χ0n) is 22.9. The van der Waals surface area contributed by atoms with Gasteiger partial charge in [0.05, 0.1) is 5.69 Å². The molecule has 2 aromatic heterocycles. The van der Waals surface area contributed by atoms with E-state index in [1.54, 1.807) is 29.2 Å². The molecule has 2 aliphatic heterocycles. The standard InChI is InChI=1S/C30H26F6N6O2/c31-29(32,33)20-11-12-21(39-38-20)41-15-13-17(14-16-41)24-22-23(30(34,35)36)26(43)28(44)37-27(22)42(40-24)25(18-7-3-1-4-8-18)19-9-5-2-6-10-19/h1-12,17,23,25-26,43H,13-16H2,(H,37,44)/t23-,26+/m0/s1. The molecule has 6 rings (SSSR count). The molecular weight excluding hydrogens is 590 g/mol. The first kappa shape index (κ1) is 29.6. The maximum absolute atomic E-state index is 14.6. The van der Waals surface area contributed by atoms with Gasteiger partial charge in [-0.2, -0.15) is 31.4 Å². The summed E-state index contributed by atoms with van der Waals surface area (Å²) in [5.74, 6) is -4.11. The van der Waals surface area contributed by atoms with Crippen LogP contribution in [0.4, 0.5) is 38.0 Å². The van der Waals surface area contributed by atoms with Gasteiger partial charge >= 0.3 is 12.4 Å². The largest absolute Gasteiger partial charge is 0.435 e. The number of rotatable bonds is 5. The molecule has 4 aromatic rings. The minimum atomic E-state index is -4.96. The van der Waals surface area contributed by atoms with Crippen molar-refractivity contribution in [1.29, 1.82) is 0 Å². The van der Waals surface area contributed by atoms with E-state index in [9.17, 15) is 36.2 Å². The van der Waals surface area contributed by atoms with Gasteiger partial charge in [-0.05, 0) is 36.1 Å². The van der Waals surface area contributed by atoms with E-state index < -0.39 is 47.9 Å². The number of hydrogen-bond acceptors (Lipinski definition) is 6. The number of carbonyl (C=O) groups excluding carboxylic acids is 1. The average Bonchev–Trinajstić information content (AvgIpc) is 3.35. The molecule has 1 saturated heterocycles. The minimum Gasteiger partial charge on any atom is -0.382 e. The van der Waals surface area contributed by atoms with Crippen LogP contribution in [0.3, 0.4) is 0 Å². The summed E-state index contributed by atoms with van der Waals surface area (Å²) in [5.41, 5.74) is 0.134. The molecule has 1 amide bonds. The third-order valence-corrected chi connectivity index (χ3v) is 8.09. The van der Waals surface area contributed by atoms with E-state index >= 15 is 0 Å². The Hall–Kier alpha value is -4.46. The van der Waals surface area contributed by atoms with Crippen LogP contribution in [0.2, 0.25) is 0 Å². The summed E-state index contributed by atoms with van der Waals surface area (Å²) in [7, 11) is 0. The van der Waals surface area contributed by atoms with Crippen molar-refractivity contribution < 1.29 is 36.2 Å². The topological polar surface area (TPSA) is 96.2 Å². The first-order valence-corrected chi connectivity index (χ1v) is 13.9. The second-order valence-electron chi connectivity index (χ2n) is 10.8. The Labute approximate surface area is 247 Å². The molecule has 8 nitrogen and oxygen atoms in total. The summed E-state index contributed by atoms with van der Waals surface area (Å²) < 4.78 is 83.9. The third-order valence-electron chi connectivity index (χ3n) is 8.09. The fourth-order valence-corrected chi connectivity index (χ4v) is 6.00. The Balaban J connectivity index is 1.42. The second-order valence-corrected chi connectivity index (χ2v) is 10.8. The normalized spacial score (nSPS) is 19.6. The summed E-state index contributed by atoms with van der Waals surface area (Å²) in [5, 5.41) is 24.8. The van der Waals surface area contributed by atoms with E-state index in [1.165, 1.54) is 10.7 Å². The highest BCUT2D eigenvalue weighted by atomic mass is 19.4. The number of benzene rings is 2. The van der Waals surface area contributed by atoms with E-state index in [0.29, 0.717) is 12.8 Å². The summed E-state index contributed by atoms with van der Waals surface area (Å²) in [6.07, 6.45) is -11.4. The molecule has 44 heavy (non-hydrogen) atoms. The number of aromatic nitrogens is 4. The maximum atomic E-state index is 14.6. The van der Waals surface area contributed by atoms with E-state index in [2.05, 4.69) is 15.5 Å². The van der Waals surface area contributed by atoms with E-state index in [4.69, 9.17) is 5.10 Å². The molecule has 0 aliphatic carbocycles. The van der Waals surface area contributed by atoms with Gasteiger partial charge in [0.1, 0.15) is 23.9 Å². The Bertz CT molecular complexity index is 1580. The highest BCUT2D eigenvalue weighted by molar-refractivity contribution is 5.97. The van der Waals surface area contributed by atoms with Gasteiger partial charge in [-0.3, -0.25) is 4.79 Å². The van der Waals surface area contributed by atoms with Gasteiger partial charge < -0.3 is 15.3 Å². The van der Waals surface area contributed by atoms with Crippen LogP contribution < -0.4 is 10.2 Å². The zero-order chi connectivity index (χ0) is 31.2. The van der Waals surface area contributed by atoms with Crippen LogP contribution in [-0.4, -0.2) is 56.4 Å². The smallest absolute Gasteiger partial charge is 0.382 e. The summed E-state index contributed by atoms with van der Waals surface area (Å²) >= 11 is 0. The van der Waals surface area contributed by atoms with Crippen molar-refractivity contribution in [1.82, 2.24) is 20.0 Å². The van der Waals surface area contributed by atoms with Crippen molar-refractivity contribution in [2.24, 2.45) is 0 Å².